The van der Waals surface area contributed by atoms with Gasteiger partial charge >= 0.3 is 5.97 Å². The van der Waals surface area contributed by atoms with Gasteiger partial charge in [-0.15, -0.1) is 0 Å². The van der Waals surface area contributed by atoms with Crippen LogP contribution in [-0.2, 0) is 11.8 Å². The molecule has 1 aliphatic rings. The molecule has 0 amide bonds. The highest BCUT2D eigenvalue weighted by atomic mass is 16.4. The number of carboxylic acid groups (broad SMARTS) is 1. The Labute approximate surface area is 205 Å². The maximum Gasteiger partial charge on any atom is 0.306 e. The largest absolute Gasteiger partial charge is 0.481 e. The fourth-order valence-electron chi connectivity index (χ4n) is 4.86. The van der Waals surface area contributed by atoms with E-state index in [1.165, 1.54) is 10.6 Å². The highest BCUT2D eigenvalue weighted by Crippen LogP contribution is 2.33. The number of hydrogen-bond acceptors (Lipinski definition) is 5. The van der Waals surface area contributed by atoms with Crippen LogP contribution in [0.4, 0.5) is 5.69 Å². The van der Waals surface area contributed by atoms with E-state index in [9.17, 15) is 19.9 Å². The third-order valence-electron chi connectivity index (χ3n) is 7.01. The van der Waals surface area contributed by atoms with Crippen molar-refractivity contribution in [2.45, 2.75) is 32.1 Å². The number of carbonyl (C=O) groups is 1. The summed E-state index contributed by atoms with van der Waals surface area (Å²) in [6.07, 6.45) is 3.46. The lowest BCUT2D eigenvalue weighted by Gasteiger charge is -2.32. The number of benzene rings is 2. The van der Waals surface area contributed by atoms with E-state index in [4.69, 9.17) is 0 Å². The molecule has 2 heterocycles. The van der Waals surface area contributed by atoms with Crippen LogP contribution < -0.4 is 10.5 Å². The van der Waals surface area contributed by atoms with Gasteiger partial charge in [0, 0.05) is 56.0 Å². The first-order chi connectivity index (χ1) is 16.9. The van der Waals surface area contributed by atoms with Crippen LogP contribution in [0.1, 0.15) is 47.4 Å². The first-order valence-corrected chi connectivity index (χ1v) is 11.9. The van der Waals surface area contributed by atoms with E-state index in [1.807, 2.05) is 12.1 Å². The number of rotatable bonds is 7. The lowest BCUT2D eigenvalue weighted by atomic mass is 9.83. The molecule has 0 saturated carbocycles. The van der Waals surface area contributed by atoms with Crippen molar-refractivity contribution in [2.24, 2.45) is 18.1 Å². The van der Waals surface area contributed by atoms with Crippen LogP contribution in [0, 0.1) is 12.8 Å². The molecule has 1 aliphatic heterocycles. The minimum Gasteiger partial charge on any atom is -0.481 e. The topological polar surface area (TPSA) is 95.1 Å². The fraction of sp³-hybridized carbons (Fsp3) is 0.321. The first-order valence-electron chi connectivity index (χ1n) is 11.9. The van der Waals surface area contributed by atoms with E-state index < -0.39 is 5.97 Å². The molecular weight excluding hydrogens is 442 g/mol. The summed E-state index contributed by atoms with van der Waals surface area (Å²) in [6, 6.07) is 19.7. The fourth-order valence-corrected chi connectivity index (χ4v) is 4.86. The Kier molecular flexibility index (Phi) is 7.34. The Hall–Kier alpha value is -3.87. The Bertz CT molecular complexity index is 1270. The molecule has 4 rings (SSSR count). The van der Waals surface area contributed by atoms with Crippen molar-refractivity contribution in [3.63, 3.8) is 0 Å². The van der Waals surface area contributed by atoms with Gasteiger partial charge in [-0.25, -0.2) is 0 Å². The first kappa shape index (κ1) is 24.3. The molecule has 0 spiro atoms. The Balaban J connectivity index is 1.62. The van der Waals surface area contributed by atoms with Gasteiger partial charge in [0.2, 0.25) is 5.56 Å². The van der Waals surface area contributed by atoms with E-state index in [0.717, 1.165) is 35.5 Å². The number of carboxylic acids is 1. The maximum absolute atomic E-state index is 11.8. The molecule has 1 fully saturated rings. The number of piperidine rings is 1. The van der Waals surface area contributed by atoms with Crippen molar-refractivity contribution in [2.75, 3.05) is 18.0 Å². The van der Waals surface area contributed by atoms with Crippen molar-refractivity contribution >= 4 is 17.4 Å². The summed E-state index contributed by atoms with van der Waals surface area (Å²) < 4.78 is 1.48. The molecule has 2 aromatic carbocycles. The molecule has 1 unspecified atom stereocenters. The van der Waals surface area contributed by atoms with E-state index in [1.54, 1.807) is 19.3 Å². The Morgan fingerprint density at radius 1 is 1.06 bits per heavy atom. The highest BCUT2D eigenvalue weighted by molar-refractivity contribution is 6.00. The minimum atomic E-state index is -0.707. The quantitative estimate of drug-likeness (QED) is 0.301. The molecule has 1 aromatic heterocycles. The van der Waals surface area contributed by atoms with Crippen LogP contribution in [-0.4, -0.2) is 39.7 Å². The minimum absolute atomic E-state index is 0.0499. The summed E-state index contributed by atoms with van der Waals surface area (Å²) >= 11 is 0. The van der Waals surface area contributed by atoms with Gasteiger partial charge in [0.25, 0.3) is 0 Å². The zero-order valence-corrected chi connectivity index (χ0v) is 20.1. The van der Waals surface area contributed by atoms with Crippen molar-refractivity contribution < 1.29 is 15.1 Å². The third kappa shape index (κ3) is 5.45. The second-order valence-corrected chi connectivity index (χ2v) is 9.22. The number of aliphatic carboxylic acids is 1. The van der Waals surface area contributed by atoms with Gasteiger partial charge in [0.05, 0.1) is 11.6 Å². The lowest BCUT2D eigenvalue weighted by molar-refractivity contribution is -0.142. The molecule has 35 heavy (non-hydrogen) atoms. The van der Waals surface area contributed by atoms with Crippen molar-refractivity contribution in [1.29, 1.82) is 0 Å². The van der Waals surface area contributed by atoms with Gasteiger partial charge in [-0.3, -0.25) is 9.59 Å². The molecule has 0 aliphatic carbocycles. The molecule has 3 aromatic rings. The number of anilines is 1. The molecule has 1 saturated heterocycles. The number of nitrogens with zero attached hydrogens (tertiary/aromatic N) is 3. The number of aromatic nitrogens is 1. The molecule has 2 N–H and O–H groups in total. The van der Waals surface area contributed by atoms with Gasteiger partial charge in [-0.05, 0) is 54.7 Å². The van der Waals surface area contributed by atoms with E-state index in [0.29, 0.717) is 30.5 Å². The highest BCUT2D eigenvalue weighted by Gasteiger charge is 2.25. The molecule has 7 nitrogen and oxygen atoms in total. The van der Waals surface area contributed by atoms with Gasteiger partial charge in [-0.1, -0.05) is 41.6 Å². The summed E-state index contributed by atoms with van der Waals surface area (Å²) in [6.45, 7) is 3.53. The summed E-state index contributed by atoms with van der Waals surface area (Å²) in [7, 11) is 1.68. The zero-order chi connectivity index (χ0) is 24.9. The number of oxime groups is 1. The van der Waals surface area contributed by atoms with Crippen LogP contribution in [0.15, 0.2) is 76.8 Å². The number of pyridine rings is 1. The Morgan fingerprint density at radius 3 is 2.34 bits per heavy atom. The third-order valence-corrected chi connectivity index (χ3v) is 7.01. The monoisotopic (exact) mass is 473 g/mol. The standard InChI is InChI=1S/C28H31N3O4/c1-19-5-3-4-6-24(19)25(17-26(29-35)22-9-12-27(32)30(2)18-22)20-7-10-23(11-8-20)31-15-13-21(14-16-31)28(33)34/h3-12,18,21,25,35H,13-17H2,1-2H3,(H,33,34)/b29-26-. The molecular formula is C28H31N3O4. The molecule has 0 radical (unpaired) electrons. The van der Waals surface area contributed by atoms with Gasteiger partial charge in [0.15, 0.2) is 0 Å². The zero-order valence-electron chi connectivity index (χ0n) is 20.1. The summed E-state index contributed by atoms with van der Waals surface area (Å²) in [5, 5.41) is 22.7. The van der Waals surface area contributed by atoms with Crippen molar-refractivity contribution in [1.82, 2.24) is 4.57 Å². The van der Waals surface area contributed by atoms with Crippen LogP contribution in [0.2, 0.25) is 0 Å². The summed E-state index contributed by atoms with van der Waals surface area (Å²) in [4.78, 5) is 25.3. The van der Waals surface area contributed by atoms with E-state index in [2.05, 4.69) is 53.4 Å². The van der Waals surface area contributed by atoms with Crippen LogP contribution in [0.25, 0.3) is 0 Å². The molecule has 7 heteroatoms. The van der Waals surface area contributed by atoms with Crippen LogP contribution in [0.3, 0.4) is 0 Å². The van der Waals surface area contributed by atoms with E-state index in [-0.39, 0.29) is 17.4 Å². The van der Waals surface area contributed by atoms with Gasteiger partial charge < -0.3 is 19.8 Å². The van der Waals surface area contributed by atoms with Crippen LogP contribution in [0.5, 0.6) is 0 Å². The molecule has 182 valence electrons. The second kappa shape index (κ2) is 10.6. The Morgan fingerprint density at radius 2 is 1.74 bits per heavy atom. The predicted octanol–water partition coefficient (Wildman–Crippen LogP) is 4.40. The average Bonchev–Trinajstić information content (AvgIpc) is 2.87. The van der Waals surface area contributed by atoms with Gasteiger partial charge in [-0.2, -0.15) is 0 Å². The SMILES string of the molecule is Cc1ccccc1C(C/C(=N/O)c1ccc(=O)n(C)c1)c1ccc(N2CCC(C(=O)O)CC2)cc1. The normalized spacial score (nSPS) is 15.7. The maximum atomic E-state index is 11.8. The summed E-state index contributed by atoms with van der Waals surface area (Å²) in [5.74, 6) is -1.02. The molecule has 0 bridgehead atoms. The van der Waals surface area contributed by atoms with E-state index >= 15 is 0 Å². The van der Waals surface area contributed by atoms with Gasteiger partial charge in [0.1, 0.15) is 0 Å². The van der Waals surface area contributed by atoms with Crippen molar-refractivity contribution in [3.8, 4) is 0 Å². The predicted molar refractivity (Wildman–Crippen MR) is 137 cm³/mol. The average molecular weight is 474 g/mol. The smallest absolute Gasteiger partial charge is 0.306 e. The lowest BCUT2D eigenvalue weighted by Crippen LogP contribution is -2.36. The van der Waals surface area contributed by atoms with Crippen molar-refractivity contribution in [3.05, 3.63) is 99.5 Å². The number of hydrogen-bond donors (Lipinski definition) is 2. The van der Waals surface area contributed by atoms with Crippen LogP contribution >= 0.6 is 0 Å². The molecule has 1 atom stereocenters. The second-order valence-electron chi connectivity index (χ2n) is 9.22. The number of aryl methyl sites for hydroxylation is 2. The summed E-state index contributed by atoms with van der Waals surface area (Å²) in [5.41, 5.74) is 5.55.